The van der Waals surface area contributed by atoms with Gasteiger partial charge in [0.15, 0.2) is 0 Å². The van der Waals surface area contributed by atoms with Crippen molar-refractivity contribution in [1.29, 1.82) is 0 Å². The van der Waals surface area contributed by atoms with Gasteiger partial charge >= 0.3 is 0 Å². The van der Waals surface area contributed by atoms with Gasteiger partial charge in [0, 0.05) is 24.0 Å². The molecule has 13 heavy (non-hydrogen) atoms. The van der Waals surface area contributed by atoms with Gasteiger partial charge in [0.2, 0.25) is 0 Å². The molecule has 0 spiro atoms. The molecule has 3 heteroatoms. The van der Waals surface area contributed by atoms with E-state index in [9.17, 15) is 0 Å². The van der Waals surface area contributed by atoms with Gasteiger partial charge in [-0.1, -0.05) is 0 Å². The number of aryl methyl sites for hydroxylation is 1. The molecule has 0 amide bonds. The largest absolute Gasteiger partial charge is 0.330 e. The lowest BCUT2D eigenvalue weighted by atomic mass is 10.2. The van der Waals surface area contributed by atoms with Crippen molar-refractivity contribution in [3.05, 3.63) is 23.5 Å². The number of hydrogen-bond acceptors (Lipinski definition) is 2. The van der Waals surface area contributed by atoms with E-state index in [4.69, 9.17) is 0 Å². The van der Waals surface area contributed by atoms with E-state index < -0.39 is 0 Å². The topological polar surface area (TPSA) is 29.0 Å². The van der Waals surface area contributed by atoms with Crippen molar-refractivity contribution in [2.45, 2.75) is 26.8 Å². The van der Waals surface area contributed by atoms with E-state index >= 15 is 0 Å². The normalized spacial score (nSPS) is 13.8. The molecule has 0 atom stereocenters. The molecule has 2 N–H and O–H groups in total. The Hall–Kier alpha value is -1.38. The van der Waals surface area contributed by atoms with Crippen molar-refractivity contribution < 1.29 is 0 Å². The van der Waals surface area contributed by atoms with Crippen molar-refractivity contribution in [3.63, 3.8) is 0 Å². The van der Waals surface area contributed by atoms with Gasteiger partial charge in [0.25, 0.3) is 0 Å². The van der Waals surface area contributed by atoms with Gasteiger partial charge in [-0.2, -0.15) is 0 Å². The zero-order chi connectivity index (χ0) is 9.42. The highest BCUT2D eigenvalue weighted by molar-refractivity contribution is 5.69. The van der Waals surface area contributed by atoms with E-state index in [1.807, 2.05) is 6.20 Å². The summed E-state index contributed by atoms with van der Waals surface area (Å²) < 4.78 is 2.24. The summed E-state index contributed by atoms with van der Waals surface area (Å²) in [6, 6.07) is 0.489. The van der Waals surface area contributed by atoms with Crippen LogP contribution in [0.25, 0.3) is 6.08 Å². The van der Waals surface area contributed by atoms with Crippen molar-refractivity contribution in [3.8, 4) is 0 Å². The fourth-order valence-corrected chi connectivity index (χ4v) is 1.65. The van der Waals surface area contributed by atoms with Crippen LogP contribution < -0.4 is 10.9 Å². The first kappa shape index (κ1) is 8.23. The average Bonchev–Trinajstić information content (AvgIpc) is 2.45. The average molecular weight is 177 g/mol. The van der Waals surface area contributed by atoms with Gasteiger partial charge in [0.1, 0.15) is 5.82 Å². The van der Waals surface area contributed by atoms with E-state index in [1.165, 1.54) is 11.1 Å². The van der Waals surface area contributed by atoms with Gasteiger partial charge in [-0.25, -0.2) is 0 Å². The SMILES string of the molecule is Cc1cn(C(C)C)c2c1C=CNN2. The smallest absolute Gasteiger partial charge is 0.132 e. The first-order valence-corrected chi connectivity index (χ1v) is 4.59. The molecule has 0 unspecified atom stereocenters. The number of anilines is 1. The number of nitrogens with zero attached hydrogens (tertiary/aromatic N) is 1. The van der Waals surface area contributed by atoms with E-state index in [-0.39, 0.29) is 0 Å². The number of aromatic nitrogens is 1. The standard InChI is InChI=1S/C10H15N3/c1-7(2)13-6-8(3)9-4-5-11-12-10(9)13/h4-7,11-12H,1-3H3. The van der Waals surface area contributed by atoms with Gasteiger partial charge in [-0.15, -0.1) is 0 Å². The molecule has 0 radical (unpaired) electrons. The maximum Gasteiger partial charge on any atom is 0.132 e. The fourth-order valence-electron chi connectivity index (χ4n) is 1.65. The lowest BCUT2D eigenvalue weighted by Gasteiger charge is -2.17. The predicted molar refractivity (Wildman–Crippen MR) is 55.3 cm³/mol. The summed E-state index contributed by atoms with van der Waals surface area (Å²) in [5, 5.41) is 0. The zero-order valence-electron chi connectivity index (χ0n) is 8.26. The summed E-state index contributed by atoms with van der Waals surface area (Å²) in [5.41, 5.74) is 8.76. The lowest BCUT2D eigenvalue weighted by Crippen LogP contribution is -2.21. The maximum absolute atomic E-state index is 3.16. The molecule has 0 aliphatic carbocycles. The third kappa shape index (κ3) is 1.20. The van der Waals surface area contributed by atoms with Crippen LogP contribution in [-0.2, 0) is 0 Å². The molecule has 1 aliphatic heterocycles. The molecule has 1 aliphatic rings. The van der Waals surface area contributed by atoms with Crippen LogP contribution in [0.4, 0.5) is 5.82 Å². The van der Waals surface area contributed by atoms with Gasteiger partial charge in [-0.3, -0.25) is 5.43 Å². The maximum atomic E-state index is 3.16. The Labute approximate surface area is 78.4 Å². The molecule has 0 fully saturated rings. The summed E-state index contributed by atoms with van der Waals surface area (Å²) in [5.74, 6) is 1.16. The Kier molecular flexibility index (Phi) is 1.79. The number of rotatable bonds is 1. The van der Waals surface area contributed by atoms with Gasteiger partial charge in [0.05, 0.1) is 0 Å². The summed E-state index contributed by atoms with van der Waals surface area (Å²) in [6.45, 7) is 6.49. The van der Waals surface area contributed by atoms with Crippen molar-refractivity contribution >= 4 is 11.9 Å². The second-order valence-electron chi connectivity index (χ2n) is 3.68. The molecule has 2 heterocycles. The third-order valence-corrected chi connectivity index (χ3v) is 2.35. The zero-order valence-corrected chi connectivity index (χ0v) is 8.26. The summed E-state index contributed by atoms with van der Waals surface area (Å²) in [7, 11) is 0. The number of nitrogens with one attached hydrogen (secondary N) is 2. The van der Waals surface area contributed by atoms with Crippen LogP contribution in [0.1, 0.15) is 31.0 Å². The van der Waals surface area contributed by atoms with E-state index in [2.05, 4.69) is 48.5 Å². The van der Waals surface area contributed by atoms with Crippen molar-refractivity contribution in [2.24, 2.45) is 0 Å². The van der Waals surface area contributed by atoms with Crippen LogP contribution in [-0.4, -0.2) is 4.57 Å². The highest BCUT2D eigenvalue weighted by Gasteiger charge is 2.14. The van der Waals surface area contributed by atoms with Crippen LogP contribution in [0, 0.1) is 6.92 Å². The minimum atomic E-state index is 0.489. The molecule has 2 rings (SSSR count). The minimum Gasteiger partial charge on any atom is -0.330 e. The van der Waals surface area contributed by atoms with Gasteiger partial charge < -0.3 is 9.99 Å². The summed E-state index contributed by atoms with van der Waals surface area (Å²) >= 11 is 0. The molecular weight excluding hydrogens is 162 g/mol. The van der Waals surface area contributed by atoms with Gasteiger partial charge in [-0.05, 0) is 32.4 Å². The first-order chi connectivity index (χ1) is 6.20. The molecule has 3 nitrogen and oxygen atoms in total. The van der Waals surface area contributed by atoms with Crippen LogP contribution in [0.2, 0.25) is 0 Å². The summed E-state index contributed by atoms with van der Waals surface area (Å²) in [4.78, 5) is 0. The van der Waals surface area contributed by atoms with Crippen LogP contribution >= 0.6 is 0 Å². The molecule has 1 aromatic rings. The third-order valence-electron chi connectivity index (χ3n) is 2.35. The molecule has 0 bridgehead atoms. The molecule has 0 saturated heterocycles. The Morgan fingerprint density at radius 1 is 1.38 bits per heavy atom. The lowest BCUT2D eigenvalue weighted by molar-refractivity contribution is 0.605. The van der Waals surface area contributed by atoms with Crippen molar-refractivity contribution in [1.82, 2.24) is 9.99 Å². The van der Waals surface area contributed by atoms with E-state index in [1.54, 1.807) is 0 Å². The Morgan fingerprint density at radius 3 is 2.85 bits per heavy atom. The second-order valence-corrected chi connectivity index (χ2v) is 3.68. The predicted octanol–water partition coefficient (Wildman–Crippen LogP) is 2.28. The van der Waals surface area contributed by atoms with E-state index in [0.29, 0.717) is 6.04 Å². The molecule has 70 valence electrons. The Balaban J connectivity index is 2.55. The Bertz CT molecular complexity index is 347. The van der Waals surface area contributed by atoms with Crippen LogP contribution in [0.5, 0.6) is 0 Å². The number of hydrazine groups is 1. The quantitative estimate of drug-likeness (QED) is 0.689. The minimum absolute atomic E-state index is 0.489. The second kappa shape index (κ2) is 2.83. The Morgan fingerprint density at radius 2 is 2.15 bits per heavy atom. The molecule has 1 aromatic heterocycles. The molecule has 0 aromatic carbocycles. The highest BCUT2D eigenvalue weighted by atomic mass is 15.4. The fraction of sp³-hybridized carbons (Fsp3) is 0.400. The van der Waals surface area contributed by atoms with Crippen LogP contribution in [0.15, 0.2) is 12.4 Å². The number of fused-ring (bicyclic) bond motifs is 1. The summed E-state index contributed by atoms with van der Waals surface area (Å²) in [6.07, 6.45) is 6.19. The monoisotopic (exact) mass is 177 g/mol. The molecular formula is C10H15N3. The van der Waals surface area contributed by atoms with E-state index in [0.717, 1.165) is 5.82 Å². The van der Waals surface area contributed by atoms with Crippen LogP contribution in [0.3, 0.4) is 0 Å². The van der Waals surface area contributed by atoms with Crippen molar-refractivity contribution in [2.75, 3.05) is 5.43 Å². The first-order valence-electron chi connectivity index (χ1n) is 4.59. The highest BCUT2D eigenvalue weighted by Crippen LogP contribution is 2.27. The molecule has 0 saturated carbocycles. The number of hydrogen-bond donors (Lipinski definition) is 2.